The summed E-state index contributed by atoms with van der Waals surface area (Å²) in [6, 6.07) is 81.3. The molecule has 4 heteroatoms. The molecule has 3 atom stereocenters. The number of para-hydroxylation sites is 3. The highest BCUT2D eigenvalue weighted by Crippen LogP contribution is 2.64. The van der Waals surface area contributed by atoms with Crippen molar-refractivity contribution in [2.45, 2.75) is 12.5 Å². The molecule has 2 aliphatic rings. The van der Waals surface area contributed by atoms with Crippen molar-refractivity contribution in [3.05, 3.63) is 236 Å². The Balaban J connectivity index is 0.939. The Hall–Kier alpha value is -8.08. The maximum Gasteiger partial charge on any atom is 0.157 e. The van der Waals surface area contributed by atoms with E-state index in [4.69, 9.17) is 9.98 Å². The number of rotatable bonds is 6. The Kier molecular flexibility index (Phi) is 8.13. The van der Waals surface area contributed by atoms with Crippen LogP contribution < -0.4 is 0 Å². The smallest absolute Gasteiger partial charge is 0.157 e. The Morgan fingerprint density at radius 3 is 1.47 bits per heavy atom. The molecule has 13 rings (SSSR count). The quantitative estimate of drug-likeness (QED) is 0.160. The molecule has 0 bridgehead atoms. The highest BCUT2D eigenvalue weighted by Gasteiger charge is 2.68. The Bertz CT molecular complexity index is 3670. The van der Waals surface area contributed by atoms with Crippen molar-refractivity contribution in [3.63, 3.8) is 0 Å². The van der Waals surface area contributed by atoms with E-state index in [1.807, 2.05) is 0 Å². The van der Waals surface area contributed by atoms with E-state index in [-0.39, 0.29) is 11.8 Å². The molecule has 3 heterocycles. The van der Waals surface area contributed by atoms with E-state index in [0.717, 1.165) is 34.0 Å². The molecule has 3 unspecified atom stereocenters. The summed E-state index contributed by atoms with van der Waals surface area (Å²) >= 11 is 0. The van der Waals surface area contributed by atoms with Crippen LogP contribution in [0.3, 0.4) is 0 Å². The average Bonchev–Trinajstić information content (AvgIpc) is 3.66. The molecule has 302 valence electrons. The number of hydrogen-bond donors (Lipinski definition) is 0. The molecule has 0 saturated heterocycles. The van der Waals surface area contributed by atoms with Gasteiger partial charge >= 0.3 is 0 Å². The second-order valence-electron chi connectivity index (χ2n) is 17.4. The van der Waals surface area contributed by atoms with Gasteiger partial charge in [-0.15, -0.1) is 0 Å². The third-order valence-electron chi connectivity index (χ3n) is 14.0. The molecule has 11 aromatic rings. The molecule has 0 amide bonds. The van der Waals surface area contributed by atoms with Crippen molar-refractivity contribution in [3.8, 4) is 39.1 Å². The molecule has 1 aliphatic carbocycles. The first-order valence-corrected chi connectivity index (χ1v) is 22.3. The molecule has 0 radical (unpaired) electrons. The van der Waals surface area contributed by atoms with Crippen molar-refractivity contribution in [1.82, 2.24) is 9.13 Å². The van der Waals surface area contributed by atoms with Crippen LogP contribution in [0.5, 0.6) is 0 Å². The summed E-state index contributed by atoms with van der Waals surface area (Å²) in [4.78, 5) is 11.2. The van der Waals surface area contributed by atoms with Gasteiger partial charge in [-0.3, -0.25) is 9.56 Å². The molecule has 64 heavy (non-hydrogen) atoms. The van der Waals surface area contributed by atoms with Gasteiger partial charge in [0.15, 0.2) is 5.84 Å². The van der Waals surface area contributed by atoms with Crippen LogP contribution in [0.1, 0.15) is 18.1 Å². The van der Waals surface area contributed by atoms with Gasteiger partial charge in [0.25, 0.3) is 0 Å². The summed E-state index contributed by atoms with van der Waals surface area (Å²) in [5.41, 5.74) is 14.9. The number of aliphatic imine (C=N–C) groups is 2. The highest BCUT2D eigenvalue weighted by molar-refractivity contribution is 6.20. The van der Waals surface area contributed by atoms with Crippen LogP contribution in [0.25, 0.3) is 82.7 Å². The van der Waals surface area contributed by atoms with Crippen LogP contribution in [0.2, 0.25) is 0 Å². The first-order chi connectivity index (χ1) is 31.6. The van der Waals surface area contributed by atoms with Crippen molar-refractivity contribution in [2.24, 2.45) is 21.8 Å². The van der Waals surface area contributed by atoms with Crippen LogP contribution in [-0.4, -0.2) is 20.8 Å². The number of fused-ring (bicyclic) bond motifs is 7. The summed E-state index contributed by atoms with van der Waals surface area (Å²) in [6.07, 6.45) is 0. The molecule has 1 aliphatic heterocycles. The van der Waals surface area contributed by atoms with Crippen LogP contribution in [0.4, 0.5) is 0 Å². The third kappa shape index (κ3) is 5.55. The first-order valence-electron chi connectivity index (χ1n) is 22.3. The van der Waals surface area contributed by atoms with Crippen LogP contribution in [-0.2, 0) is 5.54 Å². The normalized spacial score (nSPS) is 18.0. The lowest BCUT2D eigenvalue weighted by molar-refractivity contribution is 0.654. The minimum Gasteiger partial charge on any atom is -0.309 e. The van der Waals surface area contributed by atoms with Gasteiger partial charge in [-0.25, -0.2) is 4.99 Å². The predicted octanol–water partition coefficient (Wildman–Crippen LogP) is 14.8. The zero-order chi connectivity index (χ0) is 42.4. The fourth-order valence-electron chi connectivity index (χ4n) is 10.8. The monoisotopic (exact) mass is 818 g/mol. The van der Waals surface area contributed by atoms with Gasteiger partial charge in [-0.1, -0.05) is 177 Å². The first kappa shape index (κ1) is 36.6. The van der Waals surface area contributed by atoms with Crippen molar-refractivity contribution >= 4 is 55.3 Å². The van der Waals surface area contributed by atoms with Gasteiger partial charge in [-0.05, 0) is 99.5 Å². The van der Waals surface area contributed by atoms with E-state index in [1.165, 1.54) is 71.5 Å². The van der Waals surface area contributed by atoms with Crippen LogP contribution >= 0.6 is 0 Å². The van der Waals surface area contributed by atoms with E-state index in [0.29, 0.717) is 0 Å². The Labute approximate surface area is 371 Å². The summed E-state index contributed by atoms with van der Waals surface area (Å²) in [5, 5.41) is 4.93. The van der Waals surface area contributed by atoms with Gasteiger partial charge in [0.2, 0.25) is 0 Å². The zero-order valence-electron chi connectivity index (χ0n) is 35.3. The molecule has 1 fully saturated rings. The second-order valence-corrected chi connectivity index (χ2v) is 17.4. The van der Waals surface area contributed by atoms with Gasteiger partial charge in [0.1, 0.15) is 11.4 Å². The largest absolute Gasteiger partial charge is 0.309 e. The summed E-state index contributed by atoms with van der Waals surface area (Å²) in [5.74, 6) is 2.13. The lowest BCUT2D eigenvalue weighted by Gasteiger charge is -2.23. The summed E-state index contributed by atoms with van der Waals surface area (Å²) in [7, 11) is 0. The van der Waals surface area contributed by atoms with Crippen LogP contribution in [0.15, 0.2) is 234 Å². The van der Waals surface area contributed by atoms with Crippen molar-refractivity contribution in [2.75, 3.05) is 0 Å². The van der Waals surface area contributed by atoms with Gasteiger partial charge in [0, 0.05) is 32.8 Å². The number of aromatic nitrogens is 2. The fourth-order valence-corrected chi connectivity index (χ4v) is 10.8. The molecule has 4 nitrogen and oxygen atoms in total. The lowest BCUT2D eigenvalue weighted by Crippen LogP contribution is -2.27. The second kappa shape index (κ2) is 14.2. The van der Waals surface area contributed by atoms with E-state index in [9.17, 15) is 0 Å². The lowest BCUT2D eigenvalue weighted by atomic mass is 9.94. The standard InChI is InChI=1S/C60H42N4/c1-39-57-59(61-58(43-18-7-3-8-19-43)62-60(39,57)47-21-15-20-44(36-47)42-30-28-41(29-31-42)40-16-5-2-6-17-40)64-54-27-14-12-25-50(54)52-38-46(33-35-56(52)64)45-32-34-55-51(37-45)49-24-11-13-26-53(49)63(55)48-22-9-4-10-23-48/h2-39,57H,1H3. The van der Waals surface area contributed by atoms with Gasteiger partial charge in [-0.2, -0.15) is 0 Å². The van der Waals surface area contributed by atoms with Crippen molar-refractivity contribution in [1.29, 1.82) is 0 Å². The van der Waals surface area contributed by atoms with Gasteiger partial charge in [0.05, 0.1) is 28.0 Å². The zero-order valence-corrected chi connectivity index (χ0v) is 35.3. The number of hydrogen-bond acceptors (Lipinski definition) is 2. The molecule has 9 aromatic carbocycles. The number of benzene rings is 9. The summed E-state index contributed by atoms with van der Waals surface area (Å²) in [6.45, 7) is 2.36. The number of nitrogens with zero attached hydrogens (tertiary/aromatic N) is 4. The maximum atomic E-state index is 5.65. The highest BCUT2D eigenvalue weighted by atomic mass is 15.2. The molecular weight excluding hydrogens is 777 g/mol. The maximum absolute atomic E-state index is 5.65. The Morgan fingerprint density at radius 1 is 0.375 bits per heavy atom. The van der Waals surface area contributed by atoms with E-state index in [2.05, 4.69) is 241 Å². The van der Waals surface area contributed by atoms with Gasteiger partial charge < -0.3 is 4.57 Å². The third-order valence-corrected chi connectivity index (χ3v) is 14.0. The SMILES string of the molecule is CC1C2C(n3c4ccccc4c4cc(-c5ccc6c(c5)c5ccccc5n6-c5ccccc5)ccc43)=NC(c3ccccc3)=NC12c1cccc(-c2ccc(-c3ccccc3)cc2)c1. The number of amidine groups is 1. The van der Waals surface area contributed by atoms with Crippen LogP contribution in [0, 0.1) is 11.8 Å². The Morgan fingerprint density at radius 2 is 0.828 bits per heavy atom. The van der Waals surface area contributed by atoms with Crippen molar-refractivity contribution < 1.29 is 0 Å². The minimum absolute atomic E-state index is 0.0821. The molecule has 0 N–H and O–H groups in total. The van der Waals surface area contributed by atoms with E-state index in [1.54, 1.807) is 0 Å². The predicted molar refractivity (Wildman–Crippen MR) is 267 cm³/mol. The van der Waals surface area contributed by atoms with E-state index < -0.39 is 5.54 Å². The molecule has 0 spiro atoms. The average molecular weight is 819 g/mol. The fraction of sp³-hybridized carbons (Fsp3) is 0.0667. The molecule has 1 saturated carbocycles. The molecule has 2 aromatic heterocycles. The minimum atomic E-state index is -0.464. The topological polar surface area (TPSA) is 34.6 Å². The summed E-state index contributed by atoms with van der Waals surface area (Å²) < 4.78 is 4.82. The van der Waals surface area contributed by atoms with E-state index >= 15 is 0 Å². The molecular formula is C60H42N4.